The molecule has 1 heterocycles. The van der Waals surface area contributed by atoms with Crippen molar-refractivity contribution in [2.75, 3.05) is 18.1 Å². The maximum atomic E-state index is 11.0. The molecular formula is C8H14O3S. The second kappa shape index (κ2) is 4.05. The Balaban J connectivity index is 2.34. The van der Waals surface area contributed by atoms with Crippen LogP contribution < -0.4 is 0 Å². The molecule has 1 aliphatic heterocycles. The predicted octanol–water partition coefficient (Wildman–Crippen LogP) is 0.360. The number of hydrogen-bond acceptors (Lipinski definition) is 3. The van der Waals surface area contributed by atoms with E-state index in [1.165, 1.54) is 0 Å². The molecule has 0 aromatic heterocycles. The summed E-state index contributed by atoms with van der Waals surface area (Å²) >= 11 is 0. The van der Waals surface area contributed by atoms with E-state index >= 15 is 0 Å². The summed E-state index contributed by atoms with van der Waals surface area (Å²) in [6, 6.07) is 0. The van der Waals surface area contributed by atoms with Gasteiger partial charge in [-0.05, 0) is 18.8 Å². The van der Waals surface area contributed by atoms with Gasteiger partial charge in [-0.3, -0.25) is 0 Å². The minimum atomic E-state index is -2.73. The Morgan fingerprint density at radius 1 is 1.42 bits per heavy atom. The van der Waals surface area contributed by atoms with Crippen molar-refractivity contribution in [1.29, 1.82) is 0 Å². The third kappa shape index (κ3) is 2.95. The zero-order valence-corrected chi connectivity index (χ0v) is 7.76. The van der Waals surface area contributed by atoms with Gasteiger partial charge in [-0.25, -0.2) is 8.42 Å². The van der Waals surface area contributed by atoms with Gasteiger partial charge >= 0.3 is 0 Å². The standard InChI is InChI=1S/C8H14O3S/c9-5-2-1-3-8-4-6-12(10,11)7-8/h1-2,8-9H,3-7H2/b2-1-. The predicted molar refractivity (Wildman–Crippen MR) is 47.6 cm³/mol. The van der Waals surface area contributed by atoms with E-state index in [2.05, 4.69) is 0 Å². The molecule has 0 bridgehead atoms. The Labute approximate surface area is 73.0 Å². The summed E-state index contributed by atoms with van der Waals surface area (Å²) in [5.41, 5.74) is 0. The first kappa shape index (κ1) is 9.74. The van der Waals surface area contributed by atoms with Crippen molar-refractivity contribution < 1.29 is 13.5 Å². The van der Waals surface area contributed by atoms with Gasteiger partial charge in [0.15, 0.2) is 9.84 Å². The molecule has 0 aromatic rings. The molecule has 0 saturated carbocycles. The Hall–Kier alpha value is -0.350. The van der Waals surface area contributed by atoms with E-state index in [4.69, 9.17) is 5.11 Å². The second-order valence-electron chi connectivity index (χ2n) is 3.16. The molecule has 1 rings (SSSR count). The van der Waals surface area contributed by atoms with Crippen LogP contribution in [0.1, 0.15) is 12.8 Å². The van der Waals surface area contributed by atoms with Crippen molar-refractivity contribution in [2.45, 2.75) is 12.8 Å². The Morgan fingerprint density at radius 2 is 2.17 bits per heavy atom. The normalized spacial score (nSPS) is 28.2. The fraction of sp³-hybridized carbons (Fsp3) is 0.750. The van der Waals surface area contributed by atoms with Crippen LogP contribution >= 0.6 is 0 Å². The summed E-state index contributed by atoms with van der Waals surface area (Å²) in [6.07, 6.45) is 5.06. The van der Waals surface area contributed by atoms with Gasteiger partial charge in [-0.1, -0.05) is 12.2 Å². The maximum Gasteiger partial charge on any atom is 0.150 e. The molecule has 70 valence electrons. The molecule has 4 heteroatoms. The highest BCUT2D eigenvalue weighted by molar-refractivity contribution is 7.91. The number of rotatable bonds is 3. The summed E-state index contributed by atoms with van der Waals surface area (Å²) < 4.78 is 22.0. The van der Waals surface area contributed by atoms with Gasteiger partial charge in [0.05, 0.1) is 18.1 Å². The molecule has 1 saturated heterocycles. The third-order valence-corrected chi connectivity index (χ3v) is 3.91. The average Bonchev–Trinajstić information content (AvgIpc) is 2.31. The molecule has 1 N–H and O–H groups in total. The fourth-order valence-electron chi connectivity index (χ4n) is 1.42. The minimum Gasteiger partial charge on any atom is -0.392 e. The summed E-state index contributed by atoms with van der Waals surface area (Å²) in [7, 11) is -2.73. The van der Waals surface area contributed by atoms with Gasteiger partial charge in [-0.2, -0.15) is 0 Å². The van der Waals surface area contributed by atoms with Crippen molar-refractivity contribution in [2.24, 2.45) is 5.92 Å². The van der Waals surface area contributed by atoms with E-state index < -0.39 is 9.84 Å². The zero-order chi connectivity index (χ0) is 9.03. The summed E-state index contributed by atoms with van der Waals surface area (Å²) in [4.78, 5) is 0. The summed E-state index contributed by atoms with van der Waals surface area (Å²) in [6.45, 7) is 0.0411. The molecule has 0 spiro atoms. The van der Waals surface area contributed by atoms with E-state index in [0.717, 1.165) is 12.8 Å². The first-order valence-corrected chi connectivity index (χ1v) is 5.92. The molecule has 1 atom stereocenters. The van der Waals surface area contributed by atoms with Crippen molar-refractivity contribution >= 4 is 9.84 Å². The first-order valence-electron chi connectivity index (χ1n) is 4.10. The van der Waals surface area contributed by atoms with Crippen LogP contribution in [0.15, 0.2) is 12.2 Å². The number of hydrogen-bond donors (Lipinski definition) is 1. The van der Waals surface area contributed by atoms with Gasteiger partial charge in [0, 0.05) is 0 Å². The van der Waals surface area contributed by atoms with Gasteiger partial charge < -0.3 is 5.11 Å². The fourth-order valence-corrected chi connectivity index (χ4v) is 3.30. The summed E-state index contributed by atoms with van der Waals surface area (Å²) in [5, 5.41) is 8.44. The van der Waals surface area contributed by atoms with Gasteiger partial charge in [-0.15, -0.1) is 0 Å². The van der Waals surface area contributed by atoms with E-state index in [1.54, 1.807) is 6.08 Å². The number of allylic oxidation sites excluding steroid dienone is 1. The Morgan fingerprint density at radius 3 is 2.67 bits per heavy atom. The van der Waals surface area contributed by atoms with E-state index in [1.807, 2.05) is 6.08 Å². The molecule has 0 radical (unpaired) electrons. The molecule has 0 amide bonds. The van der Waals surface area contributed by atoms with E-state index in [0.29, 0.717) is 11.5 Å². The minimum absolute atomic E-state index is 0.0411. The molecule has 3 nitrogen and oxygen atoms in total. The second-order valence-corrected chi connectivity index (χ2v) is 5.39. The smallest absolute Gasteiger partial charge is 0.150 e. The monoisotopic (exact) mass is 190 g/mol. The van der Waals surface area contributed by atoms with Gasteiger partial charge in [0.2, 0.25) is 0 Å². The van der Waals surface area contributed by atoms with Gasteiger partial charge in [0.1, 0.15) is 0 Å². The first-order chi connectivity index (χ1) is 5.64. The highest BCUT2D eigenvalue weighted by Crippen LogP contribution is 2.21. The van der Waals surface area contributed by atoms with Gasteiger partial charge in [0.25, 0.3) is 0 Å². The van der Waals surface area contributed by atoms with Crippen molar-refractivity contribution in [1.82, 2.24) is 0 Å². The SMILES string of the molecule is O=S1(=O)CCC(C/C=C\CO)C1. The lowest BCUT2D eigenvalue weighted by atomic mass is 10.1. The molecule has 1 aliphatic rings. The molecule has 1 unspecified atom stereocenters. The lowest BCUT2D eigenvalue weighted by Crippen LogP contribution is -2.03. The largest absolute Gasteiger partial charge is 0.392 e. The zero-order valence-electron chi connectivity index (χ0n) is 6.94. The van der Waals surface area contributed by atoms with Crippen LogP contribution in [-0.4, -0.2) is 31.6 Å². The van der Waals surface area contributed by atoms with E-state index in [-0.39, 0.29) is 12.5 Å². The van der Waals surface area contributed by atoms with Crippen LogP contribution in [0.2, 0.25) is 0 Å². The van der Waals surface area contributed by atoms with Crippen LogP contribution in [-0.2, 0) is 9.84 Å². The highest BCUT2D eigenvalue weighted by atomic mass is 32.2. The van der Waals surface area contributed by atoms with Crippen LogP contribution in [0.5, 0.6) is 0 Å². The Kier molecular flexibility index (Phi) is 3.29. The third-order valence-electron chi connectivity index (χ3n) is 2.07. The Bertz CT molecular complexity index is 253. The number of sulfone groups is 1. The molecule has 12 heavy (non-hydrogen) atoms. The number of aliphatic hydroxyl groups is 1. The van der Waals surface area contributed by atoms with Crippen molar-refractivity contribution in [3.63, 3.8) is 0 Å². The molecule has 0 aliphatic carbocycles. The topological polar surface area (TPSA) is 54.4 Å². The van der Waals surface area contributed by atoms with E-state index in [9.17, 15) is 8.42 Å². The highest BCUT2D eigenvalue weighted by Gasteiger charge is 2.26. The van der Waals surface area contributed by atoms with Crippen molar-refractivity contribution in [3.05, 3.63) is 12.2 Å². The quantitative estimate of drug-likeness (QED) is 0.654. The lowest BCUT2D eigenvalue weighted by Gasteiger charge is -2.00. The molecule has 0 aromatic carbocycles. The van der Waals surface area contributed by atoms with Crippen LogP contribution in [0, 0.1) is 5.92 Å². The lowest BCUT2D eigenvalue weighted by molar-refractivity contribution is 0.342. The van der Waals surface area contributed by atoms with Crippen LogP contribution in [0.25, 0.3) is 0 Å². The molecular weight excluding hydrogens is 176 g/mol. The number of aliphatic hydroxyl groups excluding tert-OH is 1. The van der Waals surface area contributed by atoms with Crippen LogP contribution in [0.3, 0.4) is 0 Å². The van der Waals surface area contributed by atoms with Crippen molar-refractivity contribution in [3.8, 4) is 0 Å². The average molecular weight is 190 g/mol. The van der Waals surface area contributed by atoms with Crippen LogP contribution in [0.4, 0.5) is 0 Å². The molecule has 1 fully saturated rings. The summed E-state index contributed by atoms with van der Waals surface area (Å²) in [5.74, 6) is 0.936. The maximum absolute atomic E-state index is 11.0.